The van der Waals surface area contributed by atoms with Gasteiger partial charge in [0, 0.05) is 5.56 Å². The van der Waals surface area contributed by atoms with E-state index in [1.54, 1.807) is 12.1 Å². The van der Waals surface area contributed by atoms with E-state index in [0.717, 1.165) is 0 Å². The Labute approximate surface area is 146 Å². The lowest BCUT2D eigenvalue weighted by atomic mass is 10.1. The Morgan fingerprint density at radius 2 is 1.38 bits per heavy atom. The molecule has 0 fully saturated rings. The predicted molar refractivity (Wildman–Crippen MR) is 87.3 cm³/mol. The molecule has 132 valence electrons. The fourth-order valence-electron chi connectivity index (χ4n) is 2.42. The van der Waals surface area contributed by atoms with Crippen molar-refractivity contribution in [3.8, 4) is 17.6 Å². The maximum absolute atomic E-state index is 14.0. The van der Waals surface area contributed by atoms with Crippen molar-refractivity contribution in [2.24, 2.45) is 0 Å². The molecular formula is C20H11F5O. The van der Waals surface area contributed by atoms with Gasteiger partial charge in [0.1, 0.15) is 11.4 Å². The lowest BCUT2D eigenvalue weighted by Gasteiger charge is -2.09. The van der Waals surface area contributed by atoms with E-state index in [9.17, 15) is 22.0 Å². The Morgan fingerprint density at radius 3 is 2.04 bits per heavy atom. The van der Waals surface area contributed by atoms with E-state index in [1.807, 2.05) is 0 Å². The molecule has 0 radical (unpaired) electrons. The fourth-order valence-corrected chi connectivity index (χ4v) is 2.42. The minimum Gasteiger partial charge on any atom is -0.488 e. The van der Waals surface area contributed by atoms with E-state index in [0.29, 0.717) is 16.3 Å². The molecule has 0 amide bonds. The molecule has 3 aromatic carbocycles. The summed E-state index contributed by atoms with van der Waals surface area (Å²) in [4.78, 5) is 0. The van der Waals surface area contributed by atoms with Gasteiger partial charge in [0.2, 0.25) is 11.6 Å². The van der Waals surface area contributed by atoms with Gasteiger partial charge in [-0.3, -0.25) is 0 Å². The van der Waals surface area contributed by atoms with E-state index >= 15 is 0 Å². The van der Waals surface area contributed by atoms with Gasteiger partial charge in [-0.05, 0) is 42.0 Å². The van der Waals surface area contributed by atoms with E-state index < -0.39 is 40.4 Å². The van der Waals surface area contributed by atoms with Crippen molar-refractivity contribution in [3.63, 3.8) is 0 Å². The van der Waals surface area contributed by atoms with Crippen LogP contribution in [-0.4, -0.2) is 6.61 Å². The van der Waals surface area contributed by atoms with Crippen molar-refractivity contribution in [1.29, 1.82) is 0 Å². The van der Waals surface area contributed by atoms with E-state index in [4.69, 9.17) is 0 Å². The van der Waals surface area contributed by atoms with E-state index in [-0.39, 0.29) is 6.61 Å². The summed E-state index contributed by atoms with van der Waals surface area (Å²) < 4.78 is 73.5. The van der Waals surface area contributed by atoms with Crippen molar-refractivity contribution < 1.29 is 26.7 Å². The van der Waals surface area contributed by atoms with Gasteiger partial charge in [0.25, 0.3) is 0 Å². The van der Waals surface area contributed by atoms with Gasteiger partial charge >= 0.3 is 0 Å². The second-order valence-electron chi connectivity index (χ2n) is 5.35. The van der Waals surface area contributed by atoms with Gasteiger partial charge in [0.05, 0.1) is 6.61 Å². The topological polar surface area (TPSA) is 9.23 Å². The monoisotopic (exact) mass is 362 g/mol. The van der Waals surface area contributed by atoms with Crippen LogP contribution in [0.1, 0.15) is 18.1 Å². The van der Waals surface area contributed by atoms with Crippen LogP contribution in [0.4, 0.5) is 22.0 Å². The molecule has 0 unspecified atom stereocenters. The highest BCUT2D eigenvalue weighted by Gasteiger charge is 2.25. The molecule has 0 aliphatic carbocycles. The van der Waals surface area contributed by atoms with Crippen LogP contribution in [0, 0.1) is 40.9 Å². The van der Waals surface area contributed by atoms with E-state index in [2.05, 4.69) is 16.6 Å². The third kappa shape index (κ3) is 3.21. The Kier molecular flexibility index (Phi) is 4.81. The van der Waals surface area contributed by atoms with Gasteiger partial charge < -0.3 is 4.74 Å². The van der Waals surface area contributed by atoms with Crippen molar-refractivity contribution in [2.75, 3.05) is 6.61 Å². The van der Waals surface area contributed by atoms with Gasteiger partial charge in [-0.1, -0.05) is 24.0 Å². The van der Waals surface area contributed by atoms with Crippen LogP contribution in [0.5, 0.6) is 5.75 Å². The summed E-state index contributed by atoms with van der Waals surface area (Å²) >= 11 is 0. The summed E-state index contributed by atoms with van der Waals surface area (Å²) in [5.41, 5.74) is -0.680. The molecule has 0 saturated carbocycles. The molecule has 0 saturated heterocycles. The average Bonchev–Trinajstić information content (AvgIpc) is 2.63. The van der Waals surface area contributed by atoms with Crippen LogP contribution >= 0.6 is 0 Å². The van der Waals surface area contributed by atoms with Crippen molar-refractivity contribution in [2.45, 2.75) is 6.92 Å². The van der Waals surface area contributed by atoms with Crippen molar-refractivity contribution in [1.82, 2.24) is 0 Å². The summed E-state index contributed by atoms with van der Waals surface area (Å²) in [6.07, 6.45) is 0. The molecule has 0 heterocycles. The zero-order valence-corrected chi connectivity index (χ0v) is 13.5. The van der Waals surface area contributed by atoms with Gasteiger partial charge in [-0.15, -0.1) is 0 Å². The quantitative estimate of drug-likeness (QED) is 0.340. The van der Waals surface area contributed by atoms with Crippen LogP contribution in [0.25, 0.3) is 10.8 Å². The van der Waals surface area contributed by atoms with Crippen LogP contribution < -0.4 is 4.74 Å². The Balaban J connectivity index is 2.06. The molecule has 0 aliphatic heterocycles. The second-order valence-corrected chi connectivity index (χ2v) is 5.35. The molecular weight excluding hydrogens is 351 g/mol. The van der Waals surface area contributed by atoms with Crippen LogP contribution in [0.3, 0.4) is 0 Å². The lowest BCUT2D eigenvalue weighted by molar-refractivity contribution is 0.286. The SMILES string of the molecule is CCOc1c(F)c(F)c(C#Cc2ccc3cc(F)ccc3c2)c(F)c1F. The molecule has 0 aromatic heterocycles. The Hall–Kier alpha value is -3.07. The zero-order valence-electron chi connectivity index (χ0n) is 13.5. The fraction of sp³-hybridized carbons (Fsp3) is 0.100. The first kappa shape index (κ1) is 17.7. The largest absolute Gasteiger partial charge is 0.488 e. The van der Waals surface area contributed by atoms with Crippen molar-refractivity contribution in [3.05, 3.63) is 76.6 Å². The summed E-state index contributed by atoms with van der Waals surface area (Å²) in [5, 5.41) is 1.27. The van der Waals surface area contributed by atoms with Gasteiger partial charge in [-0.2, -0.15) is 8.78 Å². The lowest BCUT2D eigenvalue weighted by Crippen LogP contribution is -2.06. The summed E-state index contributed by atoms with van der Waals surface area (Å²) in [6, 6.07) is 8.76. The first-order valence-electron chi connectivity index (χ1n) is 7.62. The minimum absolute atomic E-state index is 0.157. The van der Waals surface area contributed by atoms with Crippen LogP contribution in [0.15, 0.2) is 36.4 Å². The number of fused-ring (bicyclic) bond motifs is 1. The third-order valence-electron chi connectivity index (χ3n) is 3.65. The summed E-state index contributed by atoms with van der Waals surface area (Å²) in [7, 11) is 0. The highest BCUT2D eigenvalue weighted by Crippen LogP contribution is 2.29. The Morgan fingerprint density at radius 1 is 0.769 bits per heavy atom. The molecule has 3 aromatic rings. The summed E-state index contributed by atoms with van der Waals surface area (Å²) in [6.45, 7) is 1.27. The molecule has 0 atom stereocenters. The summed E-state index contributed by atoms with van der Waals surface area (Å²) in [5.74, 6) is -3.46. The third-order valence-corrected chi connectivity index (χ3v) is 3.65. The van der Waals surface area contributed by atoms with Crippen molar-refractivity contribution >= 4 is 10.8 Å². The standard InChI is InChI=1S/C20H11F5O/c1-2-26-20-18(24)16(22)15(17(23)19(20)25)8-4-11-3-5-13-10-14(21)7-6-12(13)9-11/h3,5-7,9-10H,2H2,1H3. The molecule has 6 heteroatoms. The molecule has 3 rings (SSSR count). The molecule has 0 aliphatic rings. The number of ether oxygens (including phenoxy) is 1. The first-order valence-corrected chi connectivity index (χ1v) is 7.62. The molecule has 0 bridgehead atoms. The maximum Gasteiger partial charge on any atom is 0.205 e. The smallest absolute Gasteiger partial charge is 0.205 e. The van der Waals surface area contributed by atoms with Gasteiger partial charge in [-0.25, -0.2) is 13.2 Å². The van der Waals surface area contributed by atoms with Crippen LogP contribution in [-0.2, 0) is 0 Å². The predicted octanol–water partition coefficient (Wildman–Crippen LogP) is 5.33. The minimum atomic E-state index is -1.64. The molecule has 0 N–H and O–H groups in total. The number of halogens is 5. The normalized spacial score (nSPS) is 10.5. The number of hydrogen-bond donors (Lipinski definition) is 0. The molecule has 26 heavy (non-hydrogen) atoms. The zero-order chi connectivity index (χ0) is 18.8. The Bertz CT molecular complexity index is 1030. The first-order chi connectivity index (χ1) is 12.4. The molecule has 0 spiro atoms. The highest BCUT2D eigenvalue weighted by molar-refractivity contribution is 5.84. The molecule has 1 nitrogen and oxygen atoms in total. The second kappa shape index (κ2) is 7.04. The maximum atomic E-state index is 14.0. The average molecular weight is 362 g/mol. The number of benzene rings is 3. The number of rotatable bonds is 2. The van der Waals surface area contributed by atoms with Gasteiger partial charge in [0.15, 0.2) is 17.4 Å². The van der Waals surface area contributed by atoms with E-state index in [1.165, 1.54) is 31.2 Å². The highest BCUT2D eigenvalue weighted by atomic mass is 19.2. The van der Waals surface area contributed by atoms with Crippen LogP contribution in [0.2, 0.25) is 0 Å². The number of hydrogen-bond acceptors (Lipinski definition) is 1.